The molecule has 112 valence electrons. The zero-order valence-corrected chi connectivity index (χ0v) is 13.1. The molecule has 0 aliphatic heterocycles. The minimum absolute atomic E-state index is 0.00977. The zero-order chi connectivity index (χ0) is 15.1. The highest BCUT2D eigenvalue weighted by Gasteiger charge is 2.22. The molecule has 0 spiro atoms. The van der Waals surface area contributed by atoms with Crippen LogP contribution in [0.1, 0.15) is 42.2 Å². The molecule has 0 fully saturated rings. The molecule has 4 heteroatoms. The maximum Gasteiger partial charge on any atom is 0.229 e. The second-order valence-electron chi connectivity index (χ2n) is 5.06. The van der Waals surface area contributed by atoms with E-state index in [1.165, 1.54) is 4.88 Å². The van der Waals surface area contributed by atoms with Gasteiger partial charge in [-0.3, -0.25) is 4.79 Å². The fourth-order valence-corrected chi connectivity index (χ4v) is 3.23. The summed E-state index contributed by atoms with van der Waals surface area (Å²) in [6.07, 6.45) is 1.97. The number of amides is 1. The van der Waals surface area contributed by atoms with Crippen LogP contribution in [-0.4, -0.2) is 12.5 Å². The monoisotopic (exact) mass is 302 g/mol. The first-order valence-electron chi connectivity index (χ1n) is 7.35. The molecule has 0 saturated carbocycles. The third-order valence-corrected chi connectivity index (χ3v) is 4.52. The summed E-state index contributed by atoms with van der Waals surface area (Å²) in [4.78, 5) is 13.8. The normalized spacial score (nSPS) is 13.6. The lowest BCUT2D eigenvalue weighted by Gasteiger charge is -2.21. The Balaban J connectivity index is 2.10. The SMILES string of the molecule is CCCC(NC(=O)C(CN)c1ccccc1)c1cccs1. The predicted molar refractivity (Wildman–Crippen MR) is 88.3 cm³/mol. The average Bonchev–Trinajstić information content (AvgIpc) is 3.03. The fraction of sp³-hybridized carbons (Fsp3) is 0.353. The number of hydrogen-bond acceptors (Lipinski definition) is 3. The summed E-state index contributed by atoms with van der Waals surface area (Å²) in [5.41, 5.74) is 6.79. The first-order valence-corrected chi connectivity index (χ1v) is 8.23. The number of nitrogens with one attached hydrogen (secondary N) is 1. The molecular formula is C17H22N2OS. The van der Waals surface area contributed by atoms with Crippen molar-refractivity contribution < 1.29 is 4.79 Å². The highest BCUT2D eigenvalue weighted by Crippen LogP contribution is 2.24. The van der Waals surface area contributed by atoms with Gasteiger partial charge in [-0.2, -0.15) is 0 Å². The molecule has 2 unspecified atom stereocenters. The number of thiophene rings is 1. The fourth-order valence-electron chi connectivity index (χ4n) is 2.42. The second kappa shape index (κ2) is 7.96. The number of carbonyl (C=O) groups excluding carboxylic acids is 1. The molecule has 0 aliphatic carbocycles. The van der Waals surface area contributed by atoms with E-state index in [4.69, 9.17) is 5.73 Å². The Kier molecular flexibility index (Phi) is 5.96. The van der Waals surface area contributed by atoms with Gasteiger partial charge in [-0.15, -0.1) is 11.3 Å². The van der Waals surface area contributed by atoms with E-state index in [9.17, 15) is 4.79 Å². The van der Waals surface area contributed by atoms with Crippen LogP contribution in [-0.2, 0) is 4.79 Å². The maximum absolute atomic E-state index is 12.6. The summed E-state index contributed by atoms with van der Waals surface area (Å²) >= 11 is 1.68. The van der Waals surface area contributed by atoms with Crippen LogP contribution in [0.2, 0.25) is 0 Å². The number of benzene rings is 1. The van der Waals surface area contributed by atoms with Gasteiger partial charge in [0.2, 0.25) is 5.91 Å². The van der Waals surface area contributed by atoms with E-state index < -0.39 is 0 Å². The van der Waals surface area contributed by atoms with Gasteiger partial charge >= 0.3 is 0 Å². The van der Waals surface area contributed by atoms with Gasteiger partial charge < -0.3 is 11.1 Å². The highest BCUT2D eigenvalue weighted by atomic mass is 32.1. The summed E-state index contributed by atoms with van der Waals surface area (Å²) in [6, 6.07) is 13.9. The van der Waals surface area contributed by atoms with Gasteiger partial charge in [-0.1, -0.05) is 49.7 Å². The molecule has 0 radical (unpaired) electrons. The van der Waals surface area contributed by atoms with Gasteiger partial charge in [-0.05, 0) is 23.4 Å². The summed E-state index contributed by atoms with van der Waals surface area (Å²) in [5.74, 6) is -0.277. The number of nitrogens with two attached hydrogens (primary N) is 1. The standard InChI is InChI=1S/C17H22N2OS/c1-2-7-15(16-10-6-11-21-16)19-17(20)14(12-18)13-8-4-3-5-9-13/h3-6,8-11,14-15H,2,7,12,18H2,1H3,(H,19,20). The highest BCUT2D eigenvalue weighted by molar-refractivity contribution is 7.10. The topological polar surface area (TPSA) is 55.1 Å². The molecule has 0 aliphatic rings. The molecule has 0 saturated heterocycles. The molecule has 21 heavy (non-hydrogen) atoms. The average molecular weight is 302 g/mol. The largest absolute Gasteiger partial charge is 0.348 e. The third-order valence-electron chi connectivity index (χ3n) is 3.53. The first kappa shape index (κ1) is 15.7. The van der Waals surface area contributed by atoms with Crippen LogP contribution in [0.3, 0.4) is 0 Å². The molecule has 1 aromatic carbocycles. The number of carbonyl (C=O) groups is 1. The predicted octanol–water partition coefficient (Wildman–Crippen LogP) is 3.45. The van der Waals surface area contributed by atoms with Gasteiger partial charge in [0, 0.05) is 11.4 Å². The Hall–Kier alpha value is -1.65. The van der Waals surface area contributed by atoms with E-state index in [0.29, 0.717) is 6.54 Å². The Bertz CT molecular complexity index is 539. The van der Waals surface area contributed by atoms with Crippen molar-refractivity contribution in [2.45, 2.75) is 31.7 Å². The van der Waals surface area contributed by atoms with Crippen LogP contribution in [0.5, 0.6) is 0 Å². The molecule has 1 heterocycles. The minimum Gasteiger partial charge on any atom is -0.348 e. The molecule has 3 nitrogen and oxygen atoms in total. The van der Waals surface area contributed by atoms with E-state index in [-0.39, 0.29) is 17.9 Å². The third kappa shape index (κ3) is 4.16. The molecule has 1 amide bonds. The Morgan fingerprint density at radius 2 is 2.00 bits per heavy atom. The number of hydrogen-bond donors (Lipinski definition) is 2. The molecule has 2 rings (SSSR count). The van der Waals surface area contributed by atoms with E-state index in [1.54, 1.807) is 11.3 Å². The van der Waals surface area contributed by atoms with Crippen LogP contribution in [0.15, 0.2) is 47.8 Å². The lowest BCUT2D eigenvalue weighted by atomic mass is 9.97. The maximum atomic E-state index is 12.6. The summed E-state index contributed by atoms with van der Waals surface area (Å²) < 4.78 is 0. The van der Waals surface area contributed by atoms with Crippen LogP contribution < -0.4 is 11.1 Å². The molecular weight excluding hydrogens is 280 g/mol. The smallest absolute Gasteiger partial charge is 0.229 e. The van der Waals surface area contributed by atoms with Crippen LogP contribution in [0.4, 0.5) is 0 Å². The Morgan fingerprint density at radius 3 is 2.57 bits per heavy atom. The Morgan fingerprint density at radius 1 is 1.24 bits per heavy atom. The molecule has 3 N–H and O–H groups in total. The van der Waals surface area contributed by atoms with Crippen molar-refractivity contribution in [2.75, 3.05) is 6.54 Å². The first-order chi connectivity index (χ1) is 10.3. The molecule has 0 bridgehead atoms. The van der Waals surface area contributed by atoms with Crippen molar-refractivity contribution in [3.8, 4) is 0 Å². The van der Waals surface area contributed by atoms with E-state index in [2.05, 4.69) is 18.3 Å². The summed E-state index contributed by atoms with van der Waals surface area (Å²) in [5, 5.41) is 5.20. The summed E-state index contributed by atoms with van der Waals surface area (Å²) in [7, 11) is 0. The summed E-state index contributed by atoms with van der Waals surface area (Å²) in [6.45, 7) is 2.45. The van der Waals surface area contributed by atoms with Gasteiger partial charge in [0.25, 0.3) is 0 Å². The van der Waals surface area contributed by atoms with Crippen molar-refractivity contribution in [1.82, 2.24) is 5.32 Å². The van der Waals surface area contributed by atoms with Crippen molar-refractivity contribution in [2.24, 2.45) is 5.73 Å². The van der Waals surface area contributed by atoms with Crippen molar-refractivity contribution in [1.29, 1.82) is 0 Å². The number of rotatable bonds is 7. The molecule has 2 atom stereocenters. The van der Waals surface area contributed by atoms with Gasteiger partial charge in [0.15, 0.2) is 0 Å². The zero-order valence-electron chi connectivity index (χ0n) is 12.3. The lowest BCUT2D eigenvalue weighted by molar-refractivity contribution is -0.123. The van der Waals surface area contributed by atoms with Crippen molar-refractivity contribution >= 4 is 17.2 Å². The lowest BCUT2D eigenvalue weighted by Crippen LogP contribution is -2.35. The van der Waals surface area contributed by atoms with Crippen molar-refractivity contribution in [3.05, 3.63) is 58.3 Å². The molecule has 2 aromatic rings. The van der Waals surface area contributed by atoms with E-state index in [0.717, 1.165) is 18.4 Å². The second-order valence-corrected chi connectivity index (χ2v) is 6.04. The van der Waals surface area contributed by atoms with Crippen molar-refractivity contribution in [3.63, 3.8) is 0 Å². The van der Waals surface area contributed by atoms with Crippen LogP contribution >= 0.6 is 11.3 Å². The quantitative estimate of drug-likeness (QED) is 0.823. The van der Waals surface area contributed by atoms with Crippen LogP contribution in [0.25, 0.3) is 0 Å². The molecule has 1 aromatic heterocycles. The van der Waals surface area contributed by atoms with Gasteiger partial charge in [-0.25, -0.2) is 0 Å². The Labute approximate surface area is 130 Å². The minimum atomic E-state index is -0.287. The van der Waals surface area contributed by atoms with Crippen LogP contribution in [0, 0.1) is 0 Å². The van der Waals surface area contributed by atoms with Gasteiger partial charge in [0.1, 0.15) is 0 Å². The van der Waals surface area contributed by atoms with E-state index in [1.807, 2.05) is 41.8 Å². The van der Waals surface area contributed by atoms with Gasteiger partial charge in [0.05, 0.1) is 12.0 Å². The van der Waals surface area contributed by atoms with E-state index >= 15 is 0 Å².